The fourth-order valence-corrected chi connectivity index (χ4v) is 2.66. The molecule has 1 aliphatic rings. The number of aromatic nitrogens is 1. The van der Waals surface area contributed by atoms with Crippen LogP contribution in [0.2, 0.25) is 0 Å². The number of nitrogens with zero attached hydrogens (tertiary/aromatic N) is 1. The van der Waals surface area contributed by atoms with Crippen molar-refractivity contribution in [3.8, 4) is 0 Å². The van der Waals surface area contributed by atoms with Crippen LogP contribution in [0.4, 0.5) is 5.13 Å². The summed E-state index contributed by atoms with van der Waals surface area (Å²) >= 11 is 1.63. The van der Waals surface area contributed by atoms with Crippen molar-refractivity contribution >= 4 is 16.5 Å². The Bertz CT molecular complexity index is 289. The highest BCUT2D eigenvalue weighted by Crippen LogP contribution is 2.37. The highest BCUT2D eigenvalue weighted by Gasteiger charge is 2.33. The molecule has 1 fully saturated rings. The van der Waals surface area contributed by atoms with Crippen molar-refractivity contribution in [2.75, 3.05) is 12.4 Å². The fourth-order valence-electron chi connectivity index (χ4n) is 1.88. The van der Waals surface area contributed by atoms with Crippen molar-refractivity contribution < 1.29 is 0 Å². The minimum atomic E-state index is -0.133. The zero-order valence-corrected chi connectivity index (χ0v) is 8.66. The standard InChI is InChI=1S/C9H15N3S/c1-11-8-12-7(6-13-8)9(10)4-2-3-5-9/h6H,2-5,10H2,1H3,(H,11,12). The molecule has 2 rings (SSSR count). The predicted octanol–water partition coefficient (Wildman–Crippen LogP) is 1.91. The highest BCUT2D eigenvalue weighted by atomic mass is 32.1. The first-order chi connectivity index (χ1) is 6.24. The Kier molecular flexibility index (Phi) is 2.26. The van der Waals surface area contributed by atoms with Gasteiger partial charge < -0.3 is 11.1 Å². The summed E-state index contributed by atoms with van der Waals surface area (Å²) in [7, 11) is 1.89. The molecule has 0 unspecified atom stereocenters. The number of nitrogens with one attached hydrogen (secondary N) is 1. The number of rotatable bonds is 2. The summed E-state index contributed by atoms with van der Waals surface area (Å²) in [6.07, 6.45) is 4.64. The molecule has 0 saturated heterocycles. The van der Waals surface area contributed by atoms with Crippen LogP contribution in [0.3, 0.4) is 0 Å². The molecule has 0 spiro atoms. The van der Waals surface area contributed by atoms with Crippen LogP contribution in [-0.4, -0.2) is 12.0 Å². The molecule has 3 N–H and O–H groups in total. The molecule has 0 bridgehead atoms. The third-order valence-electron chi connectivity index (χ3n) is 2.72. The Morgan fingerprint density at radius 3 is 2.77 bits per heavy atom. The van der Waals surface area contributed by atoms with Crippen LogP contribution in [0.15, 0.2) is 5.38 Å². The van der Waals surface area contributed by atoms with Crippen LogP contribution in [0.1, 0.15) is 31.4 Å². The first kappa shape index (κ1) is 8.97. The summed E-state index contributed by atoms with van der Waals surface area (Å²) in [4.78, 5) is 4.46. The second kappa shape index (κ2) is 3.27. The molecule has 72 valence electrons. The third kappa shape index (κ3) is 1.56. The molecule has 1 aliphatic carbocycles. The maximum atomic E-state index is 6.26. The Balaban J connectivity index is 2.23. The van der Waals surface area contributed by atoms with Gasteiger partial charge in [0.15, 0.2) is 5.13 Å². The number of hydrogen-bond acceptors (Lipinski definition) is 4. The van der Waals surface area contributed by atoms with Gasteiger partial charge in [-0.3, -0.25) is 0 Å². The molecule has 1 aromatic heterocycles. The average Bonchev–Trinajstić information content (AvgIpc) is 2.72. The van der Waals surface area contributed by atoms with E-state index in [1.807, 2.05) is 7.05 Å². The minimum absolute atomic E-state index is 0.133. The summed E-state index contributed by atoms with van der Waals surface area (Å²) < 4.78 is 0. The molecule has 4 heteroatoms. The molecule has 0 radical (unpaired) electrons. The molecule has 0 aromatic carbocycles. The zero-order valence-electron chi connectivity index (χ0n) is 7.84. The average molecular weight is 197 g/mol. The summed E-state index contributed by atoms with van der Waals surface area (Å²) in [5, 5.41) is 6.08. The summed E-state index contributed by atoms with van der Waals surface area (Å²) in [6.45, 7) is 0. The van der Waals surface area contributed by atoms with Gasteiger partial charge in [-0.1, -0.05) is 12.8 Å². The quantitative estimate of drug-likeness (QED) is 0.761. The maximum absolute atomic E-state index is 6.26. The largest absolute Gasteiger partial charge is 0.365 e. The first-order valence-corrected chi connectivity index (χ1v) is 5.55. The van der Waals surface area contributed by atoms with Gasteiger partial charge in [0.25, 0.3) is 0 Å². The van der Waals surface area contributed by atoms with Crippen molar-refractivity contribution in [1.82, 2.24) is 4.98 Å². The van der Waals surface area contributed by atoms with Crippen molar-refractivity contribution in [2.45, 2.75) is 31.2 Å². The summed E-state index contributed by atoms with van der Waals surface area (Å²) in [5.74, 6) is 0. The van der Waals surface area contributed by atoms with Crippen LogP contribution >= 0.6 is 11.3 Å². The number of hydrogen-bond donors (Lipinski definition) is 2. The molecule has 1 saturated carbocycles. The van der Waals surface area contributed by atoms with Crippen molar-refractivity contribution in [3.05, 3.63) is 11.1 Å². The van der Waals surface area contributed by atoms with E-state index in [1.54, 1.807) is 11.3 Å². The van der Waals surface area contributed by atoms with Gasteiger partial charge in [0.1, 0.15) is 0 Å². The van der Waals surface area contributed by atoms with Crippen LogP contribution in [0.25, 0.3) is 0 Å². The van der Waals surface area contributed by atoms with Gasteiger partial charge in [0.2, 0.25) is 0 Å². The molecule has 0 atom stereocenters. The molecule has 1 aromatic rings. The SMILES string of the molecule is CNc1nc(C2(N)CCCC2)cs1. The molecule has 0 aliphatic heterocycles. The van der Waals surface area contributed by atoms with Crippen molar-refractivity contribution in [1.29, 1.82) is 0 Å². The normalized spacial score (nSPS) is 20.5. The van der Waals surface area contributed by atoms with E-state index in [9.17, 15) is 0 Å². The predicted molar refractivity (Wildman–Crippen MR) is 56.0 cm³/mol. The second-order valence-corrected chi connectivity index (χ2v) is 4.51. The van der Waals surface area contributed by atoms with E-state index >= 15 is 0 Å². The molecule has 3 nitrogen and oxygen atoms in total. The number of nitrogens with two attached hydrogens (primary N) is 1. The minimum Gasteiger partial charge on any atom is -0.365 e. The summed E-state index contributed by atoms with van der Waals surface area (Å²) in [5.41, 5.74) is 7.20. The number of thiazole rings is 1. The lowest BCUT2D eigenvalue weighted by atomic mass is 9.96. The van der Waals surface area contributed by atoms with Gasteiger partial charge >= 0.3 is 0 Å². The Morgan fingerprint density at radius 1 is 1.54 bits per heavy atom. The van der Waals surface area contributed by atoms with Crippen molar-refractivity contribution in [2.24, 2.45) is 5.73 Å². The van der Waals surface area contributed by atoms with Gasteiger partial charge in [0, 0.05) is 12.4 Å². The van der Waals surface area contributed by atoms with Gasteiger partial charge in [-0.25, -0.2) is 4.98 Å². The Labute approximate surface area is 82.4 Å². The van der Waals surface area contributed by atoms with E-state index in [4.69, 9.17) is 5.73 Å². The van der Waals surface area contributed by atoms with E-state index < -0.39 is 0 Å². The highest BCUT2D eigenvalue weighted by molar-refractivity contribution is 7.13. The smallest absolute Gasteiger partial charge is 0.182 e. The van der Waals surface area contributed by atoms with E-state index in [0.717, 1.165) is 23.7 Å². The molecule has 0 amide bonds. The molecular formula is C9H15N3S. The molecule has 1 heterocycles. The molecular weight excluding hydrogens is 182 g/mol. The van der Waals surface area contributed by atoms with E-state index in [1.165, 1.54) is 12.8 Å². The Hall–Kier alpha value is -0.610. The van der Waals surface area contributed by atoms with E-state index in [0.29, 0.717) is 0 Å². The van der Waals surface area contributed by atoms with Crippen LogP contribution < -0.4 is 11.1 Å². The first-order valence-electron chi connectivity index (χ1n) is 4.67. The lowest BCUT2D eigenvalue weighted by Crippen LogP contribution is -2.33. The maximum Gasteiger partial charge on any atom is 0.182 e. The van der Waals surface area contributed by atoms with E-state index in [2.05, 4.69) is 15.7 Å². The Morgan fingerprint density at radius 2 is 2.23 bits per heavy atom. The van der Waals surface area contributed by atoms with Crippen molar-refractivity contribution in [3.63, 3.8) is 0 Å². The third-order valence-corrected chi connectivity index (χ3v) is 3.58. The second-order valence-electron chi connectivity index (χ2n) is 3.65. The lowest BCUT2D eigenvalue weighted by Gasteiger charge is -2.20. The van der Waals surface area contributed by atoms with Gasteiger partial charge in [-0.05, 0) is 12.8 Å². The number of anilines is 1. The molecule has 13 heavy (non-hydrogen) atoms. The van der Waals surface area contributed by atoms with E-state index in [-0.39, 0.29) is 5.54 Å². The zero-order chi connectivity index (χ0) is 9.31. The van der Waals surface area contributed by atoms with Crippen LogP contribution in [0, 0.1) is 0 Å². The van der Waals surface area contributed by atoms with Gasteiger partial charge in [-0.15, -0.1) is 11.3 Å². The summed E-state index contributed by atoms with van der Waals surface area (Å²) in [6, 6.07) is 0. The fraction of sp³-hybridized carbons (Fsp3) is 0.667. The topological polar surface area (TPSA) is 50.9 Å². The van der Waals surface area contributed by atoms with Gasteiger partial charge in [0.05, 0.1) is 11.2 Å². The monoisotopic (exact) mass is 197 g/mol. The van der Waals surface area contributed by atoms with Crippen LogP contribution in [0.5, 0.6) is 0 Å². The van der Waals surface area contributed by atoms with Crippen LogP contribution in [-0.2, 0) is 5.54 Å². The lowest BCUT2D eigenvalue weighted by molar-refractivity contribution is 0.450. The van der Waals surface area contributed by atoms with Gasteiger partial charge in [-0.2, -0.15) is 0 Å².